The van der Waals surface area contributed by atoms with Crippen molar-refractivity contribution in [2.75, 3.05) is 5.32 Å². The molecular weight excluding hydrogens is 186 g/mol. The molecule has 0 bridgehead atoms. The number of anilines is 1. The van der Waals surface area contributed by atoms with Gasteiger partial charge in [0.15, 0.2) is 0 Å². The van der Waals surface area contributed by atoms with Crippen molar-refractivity contribution >= 4 is 12.0 Å². The Morgan fingerprint density at radius 2 is 1.87 bits per heavy atom. The summed E-state index contributed by atoms with van der Waals surface area (Å²) in [5.74, 6) is 0. The second-order valence-electron chi connectivity index (χ2n) is 5.02. The monoisotopic (exact) mass is 205 g/mol. The Bertz CT molecular complexity index is 300. The van der Waals surface area contributed by atoms with Gasteiger partial charge in [0.25, 0.3) is 0 Å². The Morgan fingerprint density at radius 1 is 1.27 bits per heavy atom. The van der Waals surface area contributed by atoms with Crippen molar-refractivity contribution in [3.8, 4) is 0 Å². The lowest BCUT2D eigenvalue weighted by Gasteiger charge is -2.23. The number of para-hydroxylation sites is 1. The summed E-state index contributed by atoms with van der Waals surface area (Å²) in [5, 5.41) is 3.22. The van der Waals surface area contributed by atoms with Gasteiger partial charge in [-0.15, -0.1) is 0 Å². The van der Waals surface area contributed by atoms with Gasteiger partial charge in [-0.1, -0.05) is 39.0 Å². The van der Waals surface area contributed by atoms with Crippen LogP contribution in [0.4, 0.5) is 5.69 Å². The Kier molecular flexibility index (Phi) is 3.89. The van der Waals surface area contributed by atoms with Gasteiger partial charge >= 0.3 is 0 Å². The standard InChI is InChI=1S/C13H19NO/c1-13(2,3)9-12(10-15)14-11-7-5-4-6-8-11/h4-8,10,12,14H,9H2,1-3H3. The minimum atomic E-state index is -0.104. The lowest BCUT2D eigenvalue weighted by Crippen LogP contribution is -2.26. The highest BCUT2D eigenvalue weighted by atomic mass is 16.1. The van der Waals surface area contributed by atoms with Crippen LogP contribution in [0.15, 0.2) is 30.3 Å². The Balaban J connectivity index is 2.59. The Labute approximate surface area is 91.7 Å². The van der Waals surface area contributed by atoms with Gasteiger partial charge in [-0.2, -0.15) is 0 Å². The maximum atomic E-state index is 10.9. The van der Waals surface area contributed by atoms with Crippen LogP contribution in [0.25, 0.3) is 0 Å². The number of rotatable bonds is 4. The smallest absolute Gasteiger partial charge is 0.142 e. The van der Waals surface area contributed by atoms with Crippen LogP contribution in [0.2, 0.25) is 0 Å². The lowest BCUT2D eigenvalue weighted by molar-refractivity contribution is -0.109. The number of nitrogens with one attached hydrogen (secondary N) is 1. The van der Waals surface area contributed by atoms with E-state index >= 15 is 0 Å². The number of hydrogen-bond donors (Lipinski definition) is 1. The van der Waals surface area contributed by atoms with Crippen LogP contribution in [0.1, 0.15) is 27.2 Å². The van der Waals surface area contributed by atoms with Crippen molar-refractivity contribution in [3.05, 3.63) is 30.3 Å². The SMILES string of the molecule is CC(C)(C)CC(C=O)Nc1ccccc1. The summed E-state index contributed by atoms with van der Waals surface area (Å²) in [6, 6.07) is 9.72. The first-order chi connectivity index (χ1) is 7.01. The molecule has 0 saturated carbocycles. The molecule has 1 atom stereocenters. The van der Waals surface area contributed by atoms with Crippen LogP contribution in [-0.2, 0) is 4.79 Å². The maximum Gasteiger partial charge on any atom is 0.142 e. The minimum absolute atomic E-state index is 0.104. The molecule has 0 heterocycles. The Hall–Kier alpha value is -1.31. The quantitative estimate of drug-likeness (QED) is 0.765. The van der Waals surface area contributed by atoms with Gasteiger partial charge in [-0.05, 0) is 24.0 Å². The molecule has 0 radical (unpaired) electrons. The zero-order valence-electron chi connectivity index (χ0n) is 9.66. The molecular formula is C13H19NO. The molecule has 0 aromatic heterocycles. The van der Waals surface area contributed by atoms with Crippen LogP contribution in [0, 0.1) is 5.41 Å². The van der Waals surface area contributed by atoms with E-state index in [1.165, 1.54) is 0 Å². The summed E-state index contributed by atoms with van der Waals surface area (Å²) in [5.41, 5.74) is 1.16. The van der Waals surface area contributed by atoms with Crippen molar-refractivity contribution < 1.29 is 4.79 Å². The van der Waals surface area contributed by atoms with Crippen LogP contribution in [0.3, 0.4) is 0 Å². The third-order valence-electron chi connectivity index (χ3n) is 2.12. The van der Waals surface area contributed by atoms with E-state index in [1.807, 2.05) is 30.3 Å². The predicted molar refractivity (Wildman–Crippen MR) is 64.0 cm³/mol. The molecule has 0 saturated heterocycles. The first-order valence-electron chi connectivity index (χ1n) is 5.28. The summed E-state index contributed by atoms with van der Waals surface area (Å²) in [7, 11) is 0. The van der Waals surface area contributed by atoms with Gasteiger partial charge in [0.2, 0.25) is 0 Å². The van der Waals surface area contributed by atoms with Crippen molar-refractivity contribution in [1.82, 2.24) is 0 Å². The first kappa shape index (κ1) is 11.8. The van der Waals surface area contributed by atoms with Crippen LogP contribution in [-0.4, -0.2) is 12.3 Å². The van der Waals surface area contributed by atoms with Crippen LogP contribution < -0.4 is 5.32 Å². The van der Waals surface area contributed by atoms with Crippen molar-refractivity contribution in [2.24, 2.45) is 5.41 Å². The van der Waals surface area contributed by atoms with Gasteiger partial charge in [0.1, 0.15) is 6.29 Å². The summed E-state index contributed by atoms with van der Waals surface area (Å²) < 4.78 is 0. The molecule has 0 aliphatic carbocycles. The normalized spacial score (nSPS) is 13.3. The highest BCUT2D eigenvalue weighted by Gasteiger charge is 2.17. The van der Waals surface area contributed by atoms with E-state index in [0.29, 0.717) is 0 Å². The average Bonchev–Trinajstić information content (AvgIpc) is 2.16. The van der Waals surface area contributed by atoms with Crippen molar-refractivity contribution in [2.45, 2.75) is 33.2 Å². The number of aldehydes is 1. The number of carbonyl (C=O) groups excluding carboxylic acids is 1. The highest BCUT2D eigenvalue weighted by Crippen LogP contribution is 2.22. The summed E-state index contributed by atoms with van der Waals surface area (Å²) in [6.45, 7) is 6.41. The number of benzene rings is 1. The van der Waals surface area contributed by atoms with Gasteiger partial charge in [0.05, 0.1) is 6.04 Å². The zero-order chi connectivity index (χ0) is 11.3. The fourth-order valence-electron chi connectivity index (χ4n) is 1.54. The molecule has 1 aromatic rings. The average molecular weight is 205 g/mol. The maximum absolute atomic E-state index is 10.9. The number of carbonyl (C=O) groups is 1. The summed E-state index contributed by atoms with van der Waals surface area (Å²) in [4.78, 5) is 10.9. The molecule has 15 heavy (non-hydrogen) atoms. The largest absolute Gasteiger partial charge is 0.376 e. The third kappa shape index (κ3) is 4.63. The molecule has 0 aliphatic heterocycles. The van der Waals surface area contributed by atoms with E-state index < -0.39 is 0 Å². The fourth-order valence-corrected chi connectivity index (χ4v) is 1.54. The molecule has 0 fully saturated rings. The van der Waals surface area contributed by atoms with Gasteiger partial charge in [-0.25, -0.2) is 0 Å². The minimum Gasteiger partial charge on any atom is -0.376 e. The zero-order valence-corrected chi connectivity index (χ0v) is 9.66. The predicted octanol–water partition coefficient (Wildman–Crippen LogP) is 3.10. The van der Waals surface area contributed by atoms with Gasteiger partial charge < -0.3 is 10.1 Å². The van der Waals surface area contributed by atoms with E-state index in [4.69, 9.17) is 0 Å². The van der Waals surface area contributed by atoms with Gasteiger partial charge in [0, 0.05) is 5.69 Å². The van der Waals surface area contributed by atoms with E-state index in [9.17, 15) is 4.79 Å². The van der Waals surface area contributed by atoms with E-state index in [2.05, 4.69) is 26.1 Å². The van der Waals surface area contributed by atoms with E-state index in [0.717, 1.165) is 18.4 Å². The highest BCUT2D eigenvalue weighted by molar-refractivity contribution is 5.64. The summed E-state index contributed by atoms with van der Waals surface area (Å²) >= 11 is 0. The molecule has 1 unspecified atom stereocenters. The third-order valence-corrected chi connectivity index (χ3v) is 2.12. The molecule has 82 valence electrons. The van der Waals surface area contributed by atoms with Gasteiger partial charge in [-0.3, -0.25) is 0 Å². The molecule has 2 heteroatoms. The Morgan fingerprint density at radius 3 is 2.33 bits per heavy atom. The molecule has 1 rings (SSSR count). The molecule has 0 amide bonds. The molecule has 0 aliphatic rings. The first-order valence-corrected chi connectivity index (χ1v) is 5.28. The fraction of sp³-hybridized carbons (Fsp3) is 0.462. The van der Waals surface area contributed by atoms with E-state index in [-0.39, 0.29) is 11.5 Å². The number of hydrogen-bond acceptors (Lipinski definition) is 2. The van der Waals surface area contributed by atoms with Crippen LogP contribution >= 0.6 is 0 Å². The summed E-state index contributed by atoms with van der Waals surface area (Å²) in [6.07, 6.45) is 1.82. The molecule has 2 nitrogen and oxygen atoms in total. The van der Waals surface area contributed by atoms with E-state index in [1.54, 1.807) is 0 Å². The topological polar surface area (TPSA) is 29.1 Å². The van der Waals surface area contributed by atoms with Crippen molar-refractivity contribution in [3.63, 3.8) is 0 Å². The second kappa shape index (κ2) is 4.96. The molecule has 0 spiro atoms. The van der Waals surface area contributed by atoms with Crippen molar-refractivity contribution in [1.29, 1.82) is 0 Å². The van der Waals surface area contributed by atoms with Crippen LogP contribution in [0.5, 0.6) is 0 Å². The molecule has 1 N–H and O–H groups in total. The lowest BCUT2D eigenvalue weighted by atomic mass is 9.88. The molecule has 1 aromatic carbocycles. The second-order valence-corrected chi connectivity index (χ2v) is 5.02.